The third kappa shape index (κ3) is 5.73. The molecular weight excluding hydrogens is 334 g/mol. The van der Waals surface area contributed by atoms with E-state index in [1.165, 1.54) is 0 Å². The molecule has 118 valence electrons. The zero-order valence-corrected chi connectivity index (χ0v) is 14.7. The molecule has 0 unspecified atom stereocenters. The second-order valence-corrected chi connectivity index (χ2v) is 6.55. The van der Waals surface area contributed by atoms with Crippen LogP contribution < -0.4 is 5.32 Å². The number of hydrogen-bond acceptors (Lipinski definition) is 4. The average Bonchev–Trinajstić information content (AvgIpc) is 2.38. The summed E-state index contributed by atoms with van der Waals surface area (Å²) in [4.78, 5) is 13.1. The number of rotatable bonds is 8. The van der Waals surface area contributed by atoms with Gasteiger partial charge in [-0.05, 0) is 39.8 Å². The normalized spacial score (nSPS) is 11.6. The van der Waals surface area contributed by atoms with Crippen molar-refractivity contribution in [2.24, 2.45) is 0 Å². The van der Waals surface area contributed by atoms with Crippen molar-refractivity contribution in [2.75, 3.05) is 13.1 Å². The van der Waals surface area contributed by atoms with Crippen LogP contribution in [0.5, 0.6) is 0 Å². The SMILES string of the molecule is CC(C)N(CCNCc1ccc(Br)cc1[N+](=O)[O-])C(C)C. The fraction of sp³-hybridized carbons (Fsp3) is 0.600. The largest absolute Gasteiger partial charge is 0.311 e. The van der Waals surface area contributed by atoms with Crippen LogP contribution >= 0.6 is 15.9 Å². The molecule has 0 spiro atoms. The Kier molecular flexibility index (Phi) is 7.28. The third-order valence-electron chi connectivity index (χ3n) is 3.43. The summed E-state index contributed by atoms with van der Waals surface area (Å²) < 4.78 is 0.726. The molecule has 1 aromatic rings. The lowest BCUT2D eigenvalue weighted by Crippen LogP contribution is -2.41. The lowest BCUT2D eigenvalue weighted by Gasteiger charge is -2.30. The van der Waals surface area contributed by atoms with Gasteiger partial charge in [0.1, 0.15) is 0 Å². The molecule has 0 heterocycles. The molecule has 0 bridgehead atoms. The summed E-state index contributed by atoms with van der Waals surface area (Å²) in [5.41, 5.74) is 0.866. The van der Waals surface area contributed by atoms with E-state index in [1.54, 1.807) is 12.1 Å². The molecule has 0 aliphatic carbocycles. The summed E-state index contributed by atoms with van der Waals surface area (Å²) in [6.45, 7) is 11.0. The van der Waals surface area contributed by atoms with Crippen LogP contribution in [0.1, 0.15) is 33.3 Å². The number of nitrogens with zero attached hydrogens (tertiary/aromatic N) is 2. The summed E-state index contributed by atoms with van der Waals surface area (Å²) in [5.74, 6) is 0. The molecular formula is C15H24BrN3O2. The highest BCUT2D eigenvalue weighted by Gasteiger charge is 2.15. The summed E-state index contributed by atoms with van der Waals surface area (Å²) in [6, 6.07) is 6.16. The van der Waals surface area contributed by atoms with Gasteiger partial charge in [0.15, 0.2) is 0 Å². The monoisotopic (exact) mass is 357 g/mol. The van der Waals surface area contributed by atoms with E-state index in [4.69, 9.17) is 0 Å². The lowest BCUT2D eigenvalue weighted by atomic mass is 10.2. The summed E-state index contributed by atoms with van der Waals surface area (Å²) in [5, 5.41) is 14.3. The Labute approximate surface area is 135 Å². The van der Waals surface area contributed by atoms with Crippen LogP contribution in [0.3, 0.4) is 0 Å². The van der Waals surface area contributed by atoms with E-state index in [1.807, 2.05) is 6.07 Å². The van der Waals surface area contributed by atoms with Gasteiger partial charge in [-0.25, -0.2) is 0 Å². The first-order valence-corrected chi connectivity index (χ1v) is 8.01. The molecule has 0 aliphatic rings. The zero-order chi connectivity index (χ0) is 16.0. The van der Waals surface area contributed by atoms with Crippen LogP contribution in [0.4, 0.5) is 5.69 Å². The third-order valence-corrected chi connectivity index (χ3v) is 3.93. The van der Waals surface area contributed by atoms with E-state index in [9.17, 15) is 10.1 Å². The van der Waals surface area contributed by atoms with Crippen molar-refractivity contribution in [3.05, 3.63) is 38.3 Å². The van der Waals surface area contributed by atoms with Gasteiger partial charge >= 0.3 is 0 Å². The first-order chi connectivity index (χ1) is 9.82. The molecule has 0 aliphatic heterocycles. The van der Waals surface area contributed by atoms with Crippen molar-refractivity contribution in [3.63, 3.8) is 0 Å². The lowest BCUT2D eigenvalue weighted by molar-refractivity contribution is -0.385. The van der Waals surface area contributed by atoms with Crippen molar-refractivity contribution in [3.8, 4) is 0 Å². The van der Waals surface area contributed by atoms with E-state index in [2.05, 4.69) is 53.8 Å². The zero-order valence-electron chi connectivity index (χ0n) is 13.1. The van der Waals surface area contributed by atoms with Crippen LogP contribution in [0.2, 0.25) is 0 Å². The highest BCUT2D eigenvalue weighted by atomic mass is 79.9. The highest BCUT2D eigenvalue weighted by Crippen LogP contribution is 2.23. The van der Waals surface area contributed by atoms with Crippen LogP contribution in [0.25, 0.3) is 0 Å². The Morgan fingerprint density at radius 2 is 1.90 bits per heavy atom. The van der Waals surface area contributed by atoms with Gasteiger partial charge in [0, 0.05) is 47.8 Å². The maximum atomic E-state index is 11.0. The van der Waals surface area contributed by atoms with E-state index in [0.29, 0.717) is 24.2 Å². The minimum absolute atomic E-state index is 0.154. The molecule has 21 heavy (non-hydrogen) atoms. The molecule has 0 atom stereocenters. The number of halogens is 1. The average molecular weight is 358 g/mol. The Bertz CT molecular complexity index is 470. The fourth-order valence-electron chi connectivity index (χ4n) is 2.40. The van der Waals surface area contributed by atoms with Crippen molar-refractivity contribution in [1.29, 1.82) is 0 Å². The topological polar surface area (TPSA) is 58.4 Å². The highest BCUT2D eigenvalue weighted by molar-refractivity contribution is 9.10. The molecule has 1 rings (SSSR count). The number of nitro benzene ring substituents is 1. The molecule has 0 saturated carbocycles. The van der Waals surface area contributed by atoms with Gasteiger partial charge in [0.05, 0.1) is 4.92 Å². The molecule has 1 N–H and O–H groups in total. The Morgan fingerprint density at radius 1 is 1.29 bits per heavy atom. The van der Waals surface area contributed by atoms with Crippen LogP contribution in [0.15, 0.2) is 22.7 Å². The van der Waals surface area contributed by atoms with Crippen LogP contribution in [-0.2, 0) is 6.54 Å². The predicted molar refractivity (Wildman–Crippen MR) is 89.5 cm³/mol. The van der Waals surface area contributed by atoms with E-state index in [0.717, 1.165) is 17.6 Å². The van der Waals surface area contributed by atoms with Crippen molar-refractivity contribution >= 4 is 21.6 Å². The minimum atomic E-state index is -0.337. The number of nitrogens with one attached hydrogen (secondary N) is 1. The quantitative estimate of drug-likeness (QED) is 0.439. The Morgan fingerprint density at radius 3 is 2.43 bits per heavy atom. The van der Waals surface area contributed by atoms with Gasteiger partial charge in [-0.1, -0.05) is 15.9 Å². The van der Waals surface area contributed by atoms with E-state index >= 15 is 0 Å². The number of nitro groups is 1. The minimum Gasteiger partial charge on any atom is -0.311 e. The molecule has 1 aromatic carbocycles. The van der Waals surface area contributed by atoms with E-state index in [-0.39, 0.29) is 10.6 Å². The maximum Gasteiger partial charge on any atom is 0.275 e. The van der Waals surface area contributed by atoms with Gasteiger partial charge in [-0.2, -0.15) is 0 Å². The first-order valence-electron chi connectivity index (χ1n) is 7.22. The molecule has 5 nitrogen and oxygen atoms in total. The molecule has 0 radical (unpaired) electrons. The molecule has 6 heteroatoms. The molecule has 0 saturated heterocycles. The first kappa shape index (κ1) is 18.1. The summed E-state index contributed by atoms with van der Waals surface area (Å²) in [7, 11) is 0. The molecule has 0 aromatic heterocycles. The summed E-state index contributed by atoms with van der Waals surface area (Å²) in [6.07, 6.45) is 0. The van der Waals surface area contributed by atoms with E-state index < -0.39 is 0 Å². The van der Waals surface area contributed by atoms with Crippen LogP contribution in [-0.4, -0.2) is 35.0 Å². The predicted octanol–water partition coefficient (Wildman–Crippen LogP) is 3.57. The van der Waals surface area contributed by atoms with Gasteiger partial charge in [0.25, 0.3) is 5.69 Å². The number of hydrogen-bond donors (Lipinski definition) is 1. The number of benzene rings is 1. The smallest absolute Gasteiger partial charge is 0.275 e. The second-order valence-electron chi connectivity index (χ2n) is 5.63. The second kappa shape index (κ2) is 8.46. The van der Waals surface area contributed by atoms with Crippen molar-refractivity contribution < 1.29 is 4.92 Å². The molecule has 0 fully saturated rings. The van der Waals surface area contributed by atoms with Crippen molar-refractivity contribution in [2.45, 2.75) is 46.3 Å². The Balaban J connectivity index is 2.55. The molecule has 0 amide bonds. The standard InChI is InChI=1S/C15H24BrN3O2/c1-11(2)18(12(3)4)8-7-17-10-13-5-6-14(16)9-15(13)19(20)21/h5-6,9,11-12,17H,7-8,10H2,1-4H3. The van der Waals surface area contributed by atoms with Crippen molar-refractivity contribution in [1.82, 2.24) is 10.2 Å². The van der Waals surface area contributed by atoms with Gasteiger partial charge in [-0.15, -0.1) is 0 Å². The van der Waals surface area contributed by atoms with Gasteiger partial charge in [-0.3, -0.25) is 15.0 Å². The Hall–Kier alpha value is -0.980. The van der Waals surface area contributed by atoms with Gasteiger partial charge in [0.2, 0.25) is 0 Å². The van der Waals surface area contributed by atoms with Gasteiger partial charge < -0.3 is 5.32 Å². The summed E-state index contributed by atoms with van der Waals surface area (Å²) >= 11 is 3.27. The maximum absolute atomic E-state index is 11.0. The fourth-order valence-corrected chi connectivity index (χ4v) is 2.75. The van der Waals surface area contributed by atoms with Crippen LogP contribution in [0, 0.1) is 10.1 Å².